The van der Waals surface area contributed by atoms with Crippen molar-refractivity contribution in [1.29, 1.82) is 0 Å². The van der Waals surface area contributed by atoms with Crippen LogP contribution in [0.2, 0.25) is 0 Å². The Bertz CT molecular complexity index is 662. The van der Waals surface area contributed by atoms with Gasteiger partial charge in [0.25, 0.3) is 0 Å². The lowest BCUT2D eigenvalue weighted by molar-refractivity contribution is -0.0000274. The number of carbonyl (C=O) groups excluding carboxylic acids is 1. The van der Waals surface area contributed by atoms with Crippen LogP contribution in [-0.2, 0) is 22.5 Å². The summed E-state index contributed by atoms with van der Waals surface area (Å²) in [5.74, 6) is 0.728. The van der Waals surface area contributed by atoms with Crippen LogP contribution in [0.1, 0.15) is 27.7 Å². The maximum absolute atomic E-state index is 12.2. The third kappa shape index (κ3) is 6.99. The van der Waals surface area contributed by atoms with Crippen LogP contribution in [-0.4, -0.2) is 39.5 Å². The highest BCUT2D eigenvalue weighted by molar-refractivity contribution is 9.09. The number of aliphatic imine (C=N–C) groups is 1. The number of hydrogen-bond donors (Lipinski definition) is 1. The number of hydrogen-bond acceptors (Lipinski definition) is 3. The quantitative estimate of drug-likeness (QED) is 0.373. The lowest BCUT2D eigenvalue weighted by atomic mass is 10.1. The van der Waals surface area contributed by atoms with Gasteiger partial charge in [-0.2, -0.15) is 4.99 Å². The highest BCUT2D eigenvalue weighted by Crippen LogP contribution is 2.11. The van der Waals surface area contributed by atoms with Gasteiger partial charge in [-0.15, -0.1) is 0 Å². The van der Waals surface area contributed by atoms with Gasteiger partial charge in [0.15, 0.2) is 0 Å². The van der Waals surface area contributed by atoms with Gasteiger partial charge in [-0.05, 0) is 26.3 Å². The predicted molar refractivity (Wildman–Crippen MR) is 102 cm³/mol. The summed E-state index contributed by atoms with van der Waals surface area (Å²) >= 11 is 4.88. The van der Waals surface area contributed by atoms with Crippen molar-refractivity contribution < 1.29 is 27.9 Å². The van der Waals surface area contributed by atoms with E-state index in [4.69, 9.17) is 6.11 Å². The van der Waals surface area contributed by atoms with Crippen molar-refractivity contribution in [2.75, 3.05) is 11.1 Å². The zero-order chi connectivity index (χ0) is 17.8. The lowest BCUT2D eigenvalue weighted by Gasteiger charge is -2.21. The van der Waals surface area contributed by atoms with Crippen LogP contribution in [0.4, 0.5) is 4.79 Å². The normalized spacial score (nSPS) is 16.9. The van der Waals surface area contributed by atoms with Crippen molar-refractivity contribution in [2.45, 2.75) is 38.8 Å². The van der Waals surface area contributed by atoms with Gasteiger partial charge in [0.05, 0.1) is 7.08 Å². The molecule has 0 spiro atoms. The number of alkyl halides is 1. The fraction of sp³-hybridized carbons (Fsp3) is 0.471. The second-order valence-corrected chi connectivity index (χ2v) is 7.70. The molecule has 1 atom stereocenters. The first kappa shape index (κ1) is 19.5. The van der Waals surface area contributed by atoms with Crippen LogP contribution < -0.4 is 22.3 Å². The molecular weight excluding hydrogens is 456 g/mol. The first-order valence-electron chi connectivity index (χ1n) is 7.89. The number of ether oxygens (including phenoxy) is 1. The summed E-state index contributed by atoms with van der Waals surface area (Å²) < 4.78 is 14.2. The third-order valence-electron chi connectivity index (χ3n) is 2.92. The second-order valence-electron chi connectivity index (χ2n) is 6.17. The average molecular weight is 479 g/mol. The minimum Gasteiger partial charge on any atom is -1.00 e. The Morgan fingerprint density at radius 3 is 2.67 bits per heavy atom. The van der Waals surface area contributed by atoms with Gasteiger partial charge in [-0.1, -0.05) is 46.3 Å². The molecule has 4 nitrogen and oxygen atoms in total. The van der Waals surface area contributed by atoms with E-state index < -0.39 is 17.7 Å². The van der Waals surface area contributed by atoms with Gasteiger partial charge >= 0.3 is 11.1 Å². The molecule has 1 aromatic carbocycles. The number of nitrogens with zero attached hydrogens (tertiary/aromatic N) is 1. The first-order chi connectivity index (χ1) is 11.2. The fourth-order valence-corrected chi connectivity index (χ4v) is 3.53. The molecule has 1 aromatic rings. The van der Waals surface area contributed by atoms with Crippen LogP contribution in [0.25, 0.3) is 0 Å². The summed E-state index contributed by atoms with van der Waals surface area (Å²) in [4.78, 5) is 17.3. The minimum atomic E-state index is -1.35. The van der Waals surface area contributed by atoms with E-state index in [-0.39, 0.29) is 17.0 Å². The van der Waals surface area contributed by atoms with Crippen molar-refractivity contribution >= 4 is 44.1 Å². The van der Waals surface area contributed by atoms with Crippen LogP contribution in [0.3, 0.4) is 0 Å². The number of rotatable bonds is 5. The van der Waals surface area contributed by atoms with Gasteiger partial charge in [0.1, 0.15) is 11.6 Å². The summed E-state index contributed by atoms with van der Waals surface area (Å²) in [6, 6.07) is 8.30. The first-order valence-corrected chi connectivity index (χ1v) is 9.50. The van der Waals surface area contributed by atoms with E-state index in [1.54, 1.807) is 20.8 Å². The highest BCUT2D eigenvalue weighted by Gasteiger charge is 2.32. The largest absolute Gasteiger partial charge is 1.00 e. The topological polar surface area (TPSA) is 50.7 Å². The number of nitrogens with one attached hydrogen (secondary N) is 1. The molecular formula is C17H22Br2N2O2S. The van der Waals surface area contributed by atoms with Crippen molar-refractivity contribution in [3.63, 3.8) is 0 Å². The summed E-state index contributed by atoms with van der Waals surface area (Å²) in [5.41, 5.74) is 1.31. The zero-order valence-electron chi connectivity index (χ0n) is 14.9. The van der Waals surface area contributed by atoms with Gasteiger partial charge in [0, 0.05) is 11.8 Å². The van der Waals surface area contributed by atoms with Crippen LogP contribution in [0.5, 0.6) is 0 Å². The SMILES string of the molecule is [2H][C@@](Cc1ccccc1)(NC(=O)OC(C)(C)C)C1=[S+]CC(CBr)=N1.[Br-]. The molecule has 132 valence electrons. The second kappa shape index (κ2) is 9.63. The zero-order valence-corrected chi connectivity index (χ0v) is 17.9. The Morgan fingerprint density at radius 2 is 2.12 bits per heavy atom. The Balaban J connectivity index is 0.00000312. The summed E-state index contributed by atoms with van der Waals surface area (Å²) in [5, 5.41) is 3.37. The smallest absolute Gasteiger partial charge is 0.408 e. The molecule has 1 amide bonds. The molecule has 2 rings (SSSR count). The van der Waals surface area contributed by atoms with Crippen molar-refractivity contribution in [3.8, 4) is 0 Å². The Kier molecular flexibility index (Phi) is 7.84. The Hall–Kier alpha value is -0.790. The number of amides is 1. The van der Waals surface area contributed by atoms with E-state index in [2.05, 4.69) is 26.2 Å². The van der Waals surface area contributed by atoms with E-state index >= 15 is 0 Å². The standard InChI is InChI=1S/C17H21BrN2O2S.BrH/c1-17(2,3)22-16(21)20-14(9-12-7-5-4-6-8-12)15-19-13(10-18)11-23-15;/h4-8,14H,9-11H2,1-3H3;1H/t14-;/m0./s1/i14D;. The molecule has 1 N–H and O–H groups in total. The summed E-state index contributed by atoms with van der Waals surface area (Å²) in [6.07, 6.45) is -0.280. The molecule has 0 fully saturated rings. The van der Waals surface area contributed by atoms with Crippen molar-refractivity contribution in [2.24, 2.45) is 4.99 Å². The Morgan fingerprint density at radius 1 is 1.46 bits per heavy atom. The predicted octanol–water partition coefficient (Wildman–Crippen LogP) is 0.188. The fourth-order valence-electron chi connectivity index (χ4n) is 1.98. The maximum Gasteiger partial charge on any atom is 0.408 e. The molecule has 0 aliphatic carbocycles. The molecule has 0 unspecified atom stereocenters. The molecule has 0 bridgehead atoms. The molecule has 24 heavy (non-hydrogen) atoms. The van der Waals surface area contributed by atoms with Crippen LogP contribution in [0.15, 0.2) is 35.3 Å². The molecule has 1 aliphatic rings. The van der Waals surface area contributed by atoms with E-state index in [0.29, 0.717) is 16.7 Å². The van der Waals surface area contributed by atoms with E-state index in [1.165, 1.54) is 11.4 Å². The number of halogens is 2. The highest BCUT2D eigenvalue weighted by atomic mass is 79.9. The van der Waals surface area contributed by atoms with Gasteiger partial charge < -0.3 is 27.0 Å². The third-order valence-corrected chi connectivity index (χ3v) is 4.66. The summed E-state index contributed by atoms with van der Waals surface area (Å²) in [6.45, 7) is 5.40. The molecule has 1 heterocycles. The lowest BCUT2D eigenvalue weighted by Crippen LogP contribution is -3.00. The monoisotopic (exact) mass is 477 g/mol. The van der Waals surface area contributed by atoms with Gasteiger partial charge in [-0.3, -0.25) is 0 Å². The molecule has 0 radical (unpaired) electrons. The summed E-state index contributed by atoms with van der Waals surface area (Å²) in [7, 11) is 0. The minimum absolute atomic E-state index is 0. The van der Waals surface area contributed by atoms with E-state index in [0.717, 1.165) is 17.0 Å². The van der Waals surface area contributed by atoms with Crippen molar-refractivity contribution in [3.05, 3.63) is 35.9 Å². The molecule has 0 aromatic heterocycles. The van der Waals surface area contributed by atoms with E-state index in [9.17, 15) is 4.79 Å². The molecule has 0 saturated heterocycles. The van der Waals surface area contributed by atoms with Gasteiger partial charge in [-0.25, -0.2) is 4.79 Å². The average Bonchev–Trinajstić information content (AvgIpc) is 2.95. The number of benzene rings is 1. The van der Waals surface area contributed by atoms with Gasteiger partial charge in [0.2, 0.25) is 17.1 Å². The van der Waals surface area contributed by atoms with Crippen molar-refractivity contribution in [1.82, 2.24) is 5.32 Å². The van der Waals surface area contributed by atoms with Crippen LogP contribution >= 0.6 is 15.9 Å². The van der Waals surface area contributed by atoms with E-state index in [1.807, 2.05) is 30.3 Å². The number of carbonyl (C=O) groups is 1. The molecule has 7 heteroatoms. The number of alkyl carbamates (subject to hydrolysis) is 1. The van der Waals surface area contributed by atoms with Crippen LogP contribution in [0, 0.1) is 0 Å². The molecule has 0 saturated carbocycles. The Labute approximate surface area is 167 Å². The molecule has 1 aliphatic heterocycles. The maximum atomic E-state index is 12.2.